The van der Waals surface area contributed by atoms with E-state index in [1.807, 2.05) is 6.07 Å². The Bertz CT molecular complexity index is 381. The molecule has 1 saturated carbocycles. The molecule has 18 heavy (non-hydrogen) atoms. The quantitative estimate of drug-likeness (QED) is 0.823. The lowest BCUT2D eigenvalue weighted by Crippen LogP contribution is -2.27. The topological polar surface area (TPSA) is 29.3 Å². The highest BCUT2D eigenvalue weighted by molar-refractivity contribution is 5.49. The lowest BCUT2D eigenvalue weighted by atomic mass is 9.89. The summed E-state index contributed by atoms with van der Waals surface area (Å²) in [6.07, 6.45) is 7.13. The van der Waals surface area contributed by atoms with Crippen LogP contribution in [0.1, 0.15) is 43.2 Å². The van der Waals surface area contributed by atoms with E-state index in [0.29, 0.717) is 0 Å². The van der Waals surface area contributed by atoms with Gasteiger partial charge in [-0.3, -0.25) is 0 Å². The lowest BCUT2D eigenvalue weighted by Gasteiger charge is -2.27. The molecule has 1 aliphatic rings. The maximum atomic E-state index is 5.96. The lowest BCUT2D eigenvalue weighted by molar-refractivity contribution is 0.228. The number of hydrogen-bond donors (Lipinski definition) is 1. The van der Waals surface area contributed by atoms with Gasteiger partial charge in [0.25, 0.3) is 0 Å². The Hall–Kier alpha value is -1.02. The zero-order valence-electron chi connectivity index (χ0n) is 11.8. The molecule has 0 aromatic heterocycles. The van der Waals surface area contributed by atoms with Gasteiger partial charge in [-0.2, -0.15) is 0 Å². The maximum Gasteiger partial charge on any atom is 0.0346 e. The molecule has 0 spiro atoms. The molecular weight excluding hydrogens is 220 g/mol. The third-order valence-corrected chi connectivity index (χ3v) is 4.22. The molecule has 0 amide bonds. The number of hydrogen-bond acceptors (Lipinski definition) is 2. The Morgan fingerprint density at radius 2 is 1.94 bits per heavy atom. The number of anilines is 1. The van der Waals surface area contributed by atoms with Crippen molar-refractivity contribution in [1.29, 1.82) is 0 Å². The van der Waals surface area contributed by atoms with Crippen molar-refractivity contribution in [3.05, 3.63) is 29.3 Å². The average Bonchev–Trinajstić information content (AvgIpc) is 2.36. The van der Waals surface area contributed by atoms with Crippen molar-refractivity contribution in [1.82, 2.24) is 4.90 Å². The van der Waals surface area contributed by atoms with Crippen molar-refractivity contribution in [3.63, 3.8) is 0 Å². The minimum Gasteiger partial charge on any atom is -0.399 e. The van der Waals surface area contributed by atoms with E-state index in [2.05, 4.69) is 31.0 Å². The summed E-state index contributed by atoms with van der Waals surface area (Å²) in [5.74, 6) is 0.908. The van der Waals surface area contributed by atoms with Crippen molar-refractivity contribution in [2.75, 3.05) is 19.3 Å². The highest BCUT2D eigenvalue weighted by Gasteiger charge is 2.15. The fraction of sp³-hybridized carbons (Fsp3) is 0.625. The van der Waals surface area contributed by atoms with E-state index in [0.717, 1.165) is 18.2 Å². The van der Waals surface area contributed by atoms with Crippen LogP contribution in [0.2, 0.25) is 0 Å². The Morgan fingerprint density at radius 1 is 1.22 bits per heavy atom. The average molecular weight is 246 g/mol. The SMILES string of the molecule is Cc1c(N)cccc1CN(C)CC1CCCCC1. The fourth-order valence-corrected chi connectivity index (χ4v) is 3.04. The van der Waals surface area contributed by atoms with Gasteiger partial charge in [0.05, 0.1) is 0 Å². The van der Waals surface area contributed by atoms with Crippen molar-refractivity contribution >= 4 is 5.69 Å². The highest BCUT2D eigenvalue weighted by Crippen LogP contribution is 2.25. The highest BCUT2D eigenvalue weighted by atomic mass is 15.1. The van der Waals surface area contributed by atoms with Crippen LogP contribution in [-0.4, -0.2) is 18.5 Å². The van der Waals surface area contributed by atoms with Gasteiger partial charge in [0, 0.05) is 18.8 Å². The van der Waals surface area contributed by atoms with Gasteiger partial charge in [-0.05, 0) is 49.9 Å². The molecule has 0 unspecified atom stereocenters. The molecule has 0 atom stereocenters. The van der Waals surface area contributed by atoms with E-state index in [1.165, 1.54) is 49.8 Å². The molecule has 0 heterocycles. The monoisotopic (exact) mass is 246 g/mol. The maximum absolute atomic E-state index is 5.96. The second-order valence-electron chi connectivity index (χ2n) is 5.83. The van der Waals surface area contributed by atoms with Crippen LogP contribution in [-0.2, 0) is 6.54 Å². The standard InChI is InChI=1S/C16H26N2/c1-13-15(9-6-10-16(13)17)12-18(2)11-14-7-4-3-5-8-14/h6,9-10,14H,3-5,7-8,11-12,17H2,1-2H3. The molecule has 0 saturated heterocycles. The predicted octanol–water partition coefficient (Wildman–Crippen LogP) is 3.59. The number of nitrogens with two attached hydrogens (primary N) is 1. The van der Waals surface area contributed by atoms with Gasteiger partial charge in [0.2, 0.25) is 0 Å². The van der Waals surface area contributed by atoms with Crippen LogP contribution in [0.25, 0.3) is 0 Å². The zero-order chi connectivity index (χ0) is 13.0. The van der Waals surface area contributed by atoms with Gasteiger partial charge >= 0.3 is 0 Å². The molecular formula is C16H26N2. The predicted molar refractivity (Wildman–Crippen MR) is 78.5 cm³/mol. The molecule has 2 heteroatoms. The first kappa shape index (κ1) is 13.4. The first-order chi connectivity index (χ1) is 8.66. The zero-order valence-corrected chi connectivity index (χ0v) is 11.8. The van der Waals surface area contributed by atoms with E-state index in [9.17, 15) is 0 Å². The Kier molecular flexibility index (Phi) is 4.65. The van der Waals surface area contributed by atoms with Crippen molar-refractivity contribution in [3.8, 4) is 0 Å². The number of benzene rings is 1. The first-order valence-electron chi connectivity index (χ1n) is 7.19. The molecule has 0 radical (unpaired) electrons. The third kappa shape index (κ3) is 3.49. The summed E-state index contributed by atoms with van der Waals surface area (Å²) < 4.78 is 0. The van der Waals surface area contributed by atoms with E-state index in [4.69, 9.17) is 5.73 Å². The van der Waals surface area contributed by atoms with Crippen LogP contribution in [0.3, 0.4) is 0 Å². The molecule has 2 nitrogen and oxygen atoms in total. The Labute approximate surface area is 111 Å². The van der Waals surface area contributed by atoms with Crippen LogP contribution >= 0.6 is 0 Å². The summed E-state index contributed by atoms with van der Waals surface area (Å²) in [7, 11) is 2.23. The molecule has 0 aliphatic heterocycles. The van der Waals surface area contributed by atoms with Gasteiger partial charge in [-0.15, -0.1) is 0 Å². The first-order valence-corrected chi connectivity index (χ1v) is 7.19. The number of rotatable bonds is 4. The van der Waals surface area contributed by atoms with Crippen LogP contribution in [0.15, 0.2) is 18.2 Å². The molecule has 1 aliphatic carbocycles. The Balaban J connectivity index is 1.90. The summed E-state index contributed by atoms with van der Waals surface area (Å²) >= 11 is 0. The van der Waals surface area contributed by atoms with Crippen molar-refractivity contribution in [2.45, 2.75) is 45.6 Å². The summed E-state index contributed by atoms with van der Waals surface area (Å²) in [5, 5.41) is 0. The van der Waals surface area contributed by atoms with Gasteiger partial charge in [0.15, 0.2) is 0 Å². The van der Waals surface area contributed by atoms with Crippen LogP contribution in [0, 0.1) is 12.8 Å². The minimum absolute atomic E-state index is 0.908. The van der Waals surface area contributed by atoms with Gasteiger partial charge in [-0.1, -0.05) is 31.4 Å². The third-order valence-electron chi connectivity index (χ3n) is 4.22. The molecule has 1 aromatic carbocycles. The summed E-state index contributed by atoms with van der Waals surface area (Å²) in [6, 6.07) is 6.25. The van der Waals surface area contributed by atoms with Gasteiger partial charge in [-0.25, -0.2) is 0 Å². The number of nitrogen functional groups attached to an aromatic ring is 1. The summed E-state index contributed by atoms with van der Waals surface area (Å²) in [4.78, 5) is 2.46. The molecule has 1 aromatic rings. The fourth-order valence-electron chi connectivity index (χ4n) is 3.04. The van der Waals surface area contributed by atoms with Gasteiger partial charge < -0.3 is 10.6 Å². The van der Waals surface area contributed by atoms with E-state index >= 15 is 0 Å². The molecule has 100 valence electrons. The summed E-state index contributed by atoms with van der Waals surface area (Å²) in [5.41, 5.74) is 9.49. The van der Waals surface area contributed by atoms with E-state index < -0.39 is 0 Å². The van der Waals surface area contributed by atoms with Gasteiger partial charge in [0.1, 0.15) is 0 Å². The second kappa shape index (κ2) is 6.24. The molecule has 0 bridgehead atoms. The van der Waals surface area contributed by atoms with Crippen LogP contribution in [0.5, 0.6) is 0 Å². The second-order valence-corrected chi connectivity index (χ2v) is 5.83. The normalized spacial score (nSPS) is 17.3. The summed E-state index contributed by atoms with van der Waals surface area (Å²) in [6.45, 7) is 4.38. The molecule has 2 rings (SSSR count). The Morgan fingerprint density at radius 3 is 2.67 bits per heavy atom. The molecule has 2 N–H and O–H groups in total. The number of nitrogens with zero attached hydrogens (tertiary/aromatic N) is 1. The van der Waals surface area contributed by atoms with E-state index in [-0.39, 0.29) is 0 Å². The molecule has 1 fully saturated rings. The van der Waals surface area contributed by atoms with Crippen LogP contribution in [0.4, 0.5) is 5.69 Å². The minimum atomic E-state index is 0.908. The van der Waals surface area contributed by atoms with E-state index in [1.54, 1.807) is 0 Å². The van der Waals surface area contributed by atoms with Crippen LogP contribution < -0.4 is 5.73 Å². The largest absolute Gasteiger partial charge is 0.399 e. The smallest absolute Gasteiger partial charge is 0.0346 e. The van der Waals surface area contributed by atoms with Crippen molar-refractivity contribution in [2.24, 2.45) is 5.92 Å². The van der Waals surface area contributed by atoms with Crippen molar-refractivity contribution < 1.29 is 0 Å².